The number of para-hydroxylation sites is 1. The summed E-state index contributed by atoms with van der Waals surface area (Å²) in [5.74, 6) is -1.97. The Hall–Kier alpha value is -2.50. The second-order valence-corrected chi connectivity index (χ2v) is 3.89. The van der Waals surface area contributed by atoms with Crippen LogP contribution in [0.15, 0.2) is 35.3 Å². The summed E-state index contributed by atoms with van der Waals surface area (Å²) in [5.41, 5.74) is -0.874. The van der Waals surface area contributed by atoms with Crippen molar-refractivity contribution in [2.24, 2.45) is 0 Å². The van der Waals surface area contributed by atoms with Crippen LogP contribution in [0.3, 0.4) is 0 Å². The van der Waals surface area contributed by atoms with Gasteiger partial charge in [0, 0.05) is 11.8 Å². The number of aromatic nitrogens is 2. The number of hydrogen-bond donors (Lipinski definition) is 1. The first-order valence-corrected chi connectivity index (χ1v) is 5.65. The van der Waals surface area contributed by atoms with E-state index in [-0.39, 0.29) is 11.3 Å². The Labute approximate surface area is 107 Å². The number of aryl methyl sites for hydroxylation is 1. The Bertz CT molecular complexity index is 695. The zero-order valence-corrected chi connectivity index (χ0v) is 10.1. The van der Waals surface area contributed by atoms with Crippen molar-refractivity contribution in [1.82, 2.24) is 9.78 Å². The normalized spacial score (nSPS) is 10.4. The number of benzene rings is 1. The molecule has 0 bridgehead atoms. The molecule has 1 aromatic carbocycles. The van der Waals surface area contributed by atoms with Crippen LogP contribution < -0.4 is 5.43 Å². The van der Waals surface area contributed by atoms with E-state index in [0.29, 0.717) is 6.42 Å². The van der Waals surface area contributed by atoms with E-state index < -0.39 is 22.9 Å². The average molecular weight is 262 g/mol. The molecule has 19 heavy (non-hydrogen) atoms. The van der Waals surface area contributed by atoms with Gasteiger partial charge in [0.15, 0.2) is 0 Å². The number of hydrogen-bond acceptors (Lipinski definition) is 3. The molecule has 0 aliphatic rings. The molecule has 6 heteroatoms. The van der Waals surface area contributed by atoms with Gasteiger partial charge in [0.05, 0.1) is 0 Å². The Morgan fingerprint density at radius 3 is 2.68 bits per heavy atom. The molecule has 5 nitrogen and oxygen atoms in total. The lowest BCUT2D eigenvalue weighted by atomic mass is 10.2. The highest BCUT2D eigenvalue weighted by atomic mass is 19.1. The zero-order chi connectivity index (χ0) is 14.0. The highest BCUT2D eigenvalue weighted by molar-refractivity contribution is 5.85. The van der Waals surface area contributed by atoms with Gasteiger partial charge in [-0.25, -0.2) is 13.9 Å². The van der Waals surface area contributed by atoms with Crippen molar-refractivity contribution in [3.63, 3.8) is 0 Å². The van der Waals surface area contributed by atoms with Gasteiger partial charge in [-0.1, -0.05) is 19.1 Å². The molecule has 98 valence electrons. The van der Waals surface area contributed by atoms with E-state index in [1.807, 2.05) is 0 Å². The Kier molecular flexibility index (Phi) is 3.41. The Balaban J connectivity index is 2.72. The summed E-state index contributed by atoms with van der Waals surface area (Å²) in [6, 6.07) is 5.81. The average Bonchev–Trinajstić information content (AvgIpc) is 2.39. The third kappa shape index (κ3) is 2.37. The first-order valence-electron chi connectivity index (χ1n) is 5.65. The highest BCUT2D eigenvalue weighted by Gasteiger charge is 2.16. The maximum Gasteiger partial charge on any atom is 0.360 e. The number of rotatable bonds is 3. The predicted molar refractivity (Wildman–Crippen MR) is 66.1 cm³/mol. The molecule has 0 fully saturated rings. The monoisotopic (exact) mass is 262 g/mol. The van der Waals surface area contributed by atoms with Crippen LogP contribution in [0, 0.1) is 5.82 Å². The highest BCUT2D eigenvalue weighted by Crippen LogP contribution is 2.11. The van der Waals surface area contributed by atoms with Crippen molar-refractivity contribution in [3.05, 3.63) is 57.8 Å². The van der Waals surface area contributed by atoms with E-state index in [9.17, 15) is 14.0 Å². The van der Waals surface area contributed by atoms with Crippen LogP contribution in [0.2, 0.25) is 0 Å². The van der Waals surface area contributed by atoms with Crippen molar-refractivity contribution in [2.75, 3.05) is 0 Å². The van der Waals surface area contributed by atoms with Crippen molar-refractivity contribution >= 4 is 5.97 Å². The molecule has 0 spiro atoms. The van der Waals surface area contributed by atoms with Crippen molar-refractivity contribution < 1.29 is 14.3 Å². The van der Waals surface area contributed by atoms with E-state index in [0.717, 1.165) is 4.68 Å². The van der Waals surface area contributed by atoms with E-state index in [4.69, 9.17) is 5.11 Å². The van der Waals surface area contributed by atoms with Crippen LogP contribution in [0.1, 0.15) is 23.0 Å². The van der Waals surface area contributed by atoms with E-state index >= 15 is 0 Å². The molecule has 2 aromatic rings. The van der Waals surface area contributed by atoms with Crippen LogP contribution in [0.4, 0.5) is 4.39 Å². The molecule has 0 radical (unpaired) electrons. The van der Waals surface area contributed by atoms with Crippen LogP contribution in [-0.2, 0) is 6.42 Å². The molecular weight excluding hydrogens is 251 g/mol. The van der Waals surface area contributed by atoms with Crippen LogP contribution in [0.5, 0.6) is 0 Å². The standard InChI is InChI=1S/C13H11FN2O3/c1-2-8-7-16(10-6-4-3-5-9(10)14)15-11(12(8)17)13(18)19/h3-7H,2H2,1H3,(H,18,19). The summed E-state index contributed by atoms with van der Waals surface area (Å²) >= 11 is 0. The molecule has 0 amide bonds. The molecule has 1 heterocycles. The predicted octanol–water partition coefficient (Wildman–Crippen LogP) is 1.63. The smallest absolute Gasteiger partial charge is 0.360 e. The lowest BCUT2D eigenvalue weighted by Gasteiger charge is -2.09. The third-order valence-electron chi connectivity index (χ3n) is 2.68. The quantitative estimate of drug-likeness (QED) is 0.912. The summed E-state index contributed by atoms with van der Waals surface area (Å²) in [7, 11) is 0. The molecule has 0 saturated heterocycles. The minimum Gasteiger partial charge on any atom is -0.476 e. The van der Waals surface area contributed by atoms with Gasteiger partial charge < -0.3 is 5.11 Å². The fraction of sp³-hybridized carbons (Fsp3) is 0.154. The maximum atomic E-state index is 13.7. The van der Waals surface area contributed by atoms with Crippen LogP contribution in [-0.4, -0.2) is 20.9 Å². The lowest BCUT2D eigenvalue weighted by molar-refractivity contribution is 0.0686. The van der Waals surface area contributed by atoms with Crippen LogP contribution >= 0.6 is 0 Å². The fourth-order valence-corrected chi connectivity index (χ4v) is 1.69. The van der Waals surface area contributed by atoms with Crippen LogP contribution in [0.25, 0.3) is 5.69 Å². The topological polar surface area (TPSA) is 72.2 Å². The summed E-state index contributed by atoms with van der Waals surface area (Å²) < 4.78 is 14.7. The van der Waals surface area contributed by atoms with Crippen molar-refractivity contribution in [1.29, 1.82) is 0 Å². The van der Waals surface area contributed by atoms with E-state index in [1.54, 1.807) is 13.0 Å². The zero-order valence-electron chi connectivity index (χ0n) is 10.1. The third-order valence-corrected chi connectivity index (χ3v) is 2.68. The fourth-order valence-electron chi connectivity index (χ4n) is 1.69. The molecule has 0 unspecified atom stereocenters. The number of carboxylic acids is 1. The SMILES string of the molecule is CCc1cn(-c2ccccc2F)nc(C(=O)O)c1=O. The van der Waals surface area contributed by atoms with Gasteiger partial charge in [0.2, 0.25) is 11.1 Å². The maximum absolute atomic E-state index is 13.7. The molecule has 1 aromatic heterocycles. The number of nitrogens with zero attached hydrogens (tertiary/aromatic N) is 2. The molecule has 0 atom stereocenters. The number of aromatic carboxylic acids is 1. The number of carbonyl (C=O) groups is 1. The second kappa shape index (κ2) is 5.01. The van der Waals surface area contributed by atoms with Gasteiger partial charge in [-0.3, -0.25) is 4.79 Å². The summed E-state index contributed by atoms with van der Waals surface area (Å²) in [6.07, 6.45) is 1.70. The minimum absolute atomic E-state index is 0.0969. The molecule has 2 rings (SSSR count). The largest absolute Gasteiger partial charge is 0.476 e. The summed E-state index contributed by atoms with van der Waals surface area (Å²) in [5, 5.41) is 12.6. The second-order valence-electron chi connectivity index (χ2n) is 3.89. The molecule has 0 aliphatic heterocycles. The summed E-state index contributed by atoms with van der Waals surface area (Å²) in [6.45, 7) is 1.72. The van der Waals surface area contributed by atoms with Gasteiger partial charge in [-0.05, 0) is 18.6 Å². The molecule has 1 N–H and O–H groups in total. The van der Waals surface area contributed by atoms with Gasteiger partial charge in [-0.15, -0.1) is 0 Å². The molecule has 0 saturated carbocycles. The molecule has 0 aliphatic carbocycles. The van der Waals surface area contributed by atoms with Gasteiger partial charge in [0.25, 0.3) is 0 Å². The van der Waals surface area contributed by atoms with E-state index in [2.05, 4.69) is 5.10 Å². The number of carboxylic acid groups (broad SMARTS) is 1. The minimum atomic E-state index is -1.43. The van der Waals surface area contributed by atoms with Gasteiger partial charge >= 0.3 is 5.97 Å². The lowest BCUT2D eigenvalue weighted by Crippen LogP contribution is -2.24. The van der Waals surface area contributed by atoms with Crippen molar-refractivity contribution in [3.8, 4) is 5.69 Å². The first-order chi connectivity index (χ1) is 9.04. The molecular formula is C13H11FN2O3. The Morgan fingerprint density at radius 2 is 2.11 bits per heavy atom. The first kappa shape index (κ1) is 12.9. The number of halogens is 1. The van der Waals surface area contributed by atoms with Crippen molar-refractivity contribution in [2.45, 2.75) is 13.3 Å². The van der Waals surface area contributed by atoms with Gasteiger partial charge in [0.1, 0.15) is 11.5 Å². The van der Waals surface area contributed by atoms with E-state index in [1.165, 1.54) is 24.4 Å². The summed E-state index contributed by atoms with van der Waals surface area (Å²) in [4.78, 5) is 22.7. The Morgan fingerprint density at radius 1 is 1.42 bits per heavy atom. The van der Waals surface area contributed by atoms with Gasteiger partial charge in [-0.2, -0.15) is 5.10 Å².